The fraction of sp³-hybridized carbons (Fsp3) is 0.750. The fourth-order valence-electron chi connectivity index (χ4n) is 0. The average Bonchev–Trinajstić information content (AvgIpc) is 1.25. The monoisotopic (exact) mass is 166 g/mol. The van der Waals surface area contributed by atoms with Crippen molar-refractivity contribution in [2.45, 2.75) is 20.0 Å². The molecular weight excluding hydrogens is 158 g/mol. The molecule has 0 unspecified atom stereocenters. The maximum atomic E-state index is 8.33. The summed E-state index contributed by atoms with van der Waals surface area (Å²) in [5, 5.41) is 24.7. The van der Waals surface area contributed by atoms with E-state index in [9.17, 15) is 0 Å². The van der Waals surface area contributed by atoms with Crippen molar-refractivity contribution in [2.24, 2.45) is 0 Å². The van der Waals surface area contributed by atoms with Gasteiger partial charge in [0.15, 0.2) is 0 Å². The van der Waals surface area contributed by atoms with E-state index in [0.717, 1.165) is 0 Å². The fourth-order valence-corrected chi connectivity index (χ4v) is 0. The molecule has 50 valence electrons. The minimum absolute atomic E-state index is 0. The second-order valence-corrected chi connectivity index (χ2v) is 1.34. The van der Waals surface area contributed by atoms with E-state index in [1.165, 1.54) is 0 Å². The van der Waals surface area contributed by atoms with Gasteiger partial charge in [-0.3, -0.25) is 0 Å². The third kappa shape index (κ3) is 413. The van der Waals surface area contributed by atoms with E-state index in [4.69, 9.17) is 20.1 Å². The van der Waals surface area contributed by atoms with Gasteiger partial charge in [-0.2, -0.15) is 0 Å². The Bertz CT molecular complexity index is 59.5. The molecule has 0 aromatic rings. The molecule has 0 atom stereocenters. The van der Waals surface area contributed by atoms with Crippen LogP contribution < -0.4 is 69.3 Å². The van der Waals surface area contributed by atoms with Crippen molar-refractivity contribution in [3.63, 3.8) is 0 Å². The van der Waals surface area contributed by atoms with Gasteiger partial charge in [-0.25, -0.2) is 0 Å². The molecule has 0 saturated carbocycles. The molecule has 0 aliphatic carbocycles. The summed E-state index contributed by atoms with van der Waals surface area (Å²) in [7, 11) is 0. The maximum absolute atomic E-state index is 8.33. The third-order valence-electron chi connectivity index (χ3n) is 0. The van der Waals surface area contributed by atoms with Crippen LogP contribution in [0.1, 0.15) is 13.8 Å². The molecular formula is C4H8Na2O4. The first-order chi connectivity index (χ1) is 3.46. The number of hydrogen-bond acceptors (Lipinski definition) is 4. The van der Waals surface area contributed by atoms with Gasteiger partial charge in [0, 0.05) is 6.10 Å². The van der Waals surface area contributed by atoms with Crippen molar-refractivity contribution in [3.05, 3.63) is 0 Å². The molecule has 10 heavy (non-hydrogen) atoms. The van der Waals surface area contributed by atoms with Crippen molar-refractivity contribution >= 4 is 6.16 Å². The van der Waals surface area contributed by atoms with Crippen molar-refractivity contribution < 1.29 is 79.2 Å². The van der Waals surface area contributed by atoms with E-state index in [0.29, 0.717) is 0 Å². The van der Waals surface area contributed by atoms with Crippen LogP contribution in [-0.4, -0.2) is 17.4 Å². The molecule has 0 saturated heterocycles. The summed E-state index contributed by atoms with van der Waals surface area (Å²) in [6.07, 6.45) is -2.50. The van der Waals surface area contributed by atoms with E-state index in [1.54, 1.807) is 13.8 Å². The Labute approximate surface area is 104 Å². The third-order valence-corrected chi connectivity index (χ3v) is 0. The van der Waals surface area contributed by atoms with Gasteiger partial charge in [0.2, 0.25) is 0 Å². The normalized spacial score (nSPS) is 6.00. The zero-order valence-corrected chi connectivity index (χ0v) is 10.7. The molecule has 1 N–H and O–H groups in total. The molecule has 4 nitrogen and oxygen atoms in total. The zero-order chi connectivity index (χ0) is 7.15. The van der Waals surface area contributed by atoms with Crippen LogP contribution in [0.2, 0.25) is 0 Å². The molecule has 0 fully saturated rings. The standard InChI is InChI=1S/C3H8O.CH2O3.2Na/c1-3(2)4;2-1(3)4;;/h3-4H,1-2H3;(H2,2,3,4);;/q;;2*+1/p-2. The Morgan fingerprint density at radius 2 is 1.30 bits per heavy atom. The Balaban J connectivity index is -0.0000000300. The van der Waals surface area contributed by atoms with Gasteiger partial charge in [-0.05, 0) is 20.0 Å². The summed E-state index contributed by atoms with van der Waals surface area (Å²) in [6.45, 7) is 3.44. The summed E-state index contributed by atoms with van der Waals surface area (Å²) in [6, 6.07) is 0. The van der Waals surface area contributed by atoms with Crippen LogP contribution in [0.3, 0.4) is 0 Å². The second-order valence-electron chi connectivity index (χ2n) is 1.34. The van der Waals surface area contributed by atoms with Crippen LogP contribution in [0.25, 0.3) is 0 Å². The van der Waals surface area contributed by atoms with Crippen molar-refractivity contribution in [2.75, 3.05) is 0 Å². The van der Waals surface area contributed by atoms with Crippen LogP contribution in [0, 0.1) is 0 Å². The van der Waals surface area contributed by atoms with Crippen LogP contribution in [-0.2, 0) is 0 Å². The summed E-state index contributed by atoms with van der Waals surface area (Å²) in [5.74, 6) is 0. The van der Waals surface area contributed by atoms with Gasteiger partial charge in [0.25, 0.3) is 0 Å². The van der Waals surface area contributed by atoms with Crippen LogP contribution >= 0.6 is 0 Å². The first-order valence-electron chi connectivity index (χ1n) is 2.03. The van der Waals surface area contributed by atoms with Crippen LogP contribution in [0.5, 0.6) is 0 Å². The summed E-state index contributed by atoms with van der Waals surface area (Å²) in [5.41, 5.74) is 0. The van der Waals surface area contributed by atoms with Crippen molar-refractivity contribution in [1.29, 1.82) is 0 Å². The van der Waals surface area contributed by atoms with Gasteiger partial charge < -0.3 is 20.1 Å². The zero-order valence-electron chi connectivity index (χ0n) is 6.75. The molecule has 6 heteroatoms. The number of hydrogen-bond donors (Lipinski definition) is 1. The van der Waals surface area contributed by atoms with Gasteiger partial charge >= 0.3 is 59.1 Å². The van der Waals surface area contributed by atoms with Gasteiger partial charge in [-0.1, -0.05) is 0 Å². The summed E-state index contributed by atoms with van der Waals surface area (Å²) >= 11 is 0. The van der Waals surface area contributed by atoms with Gasteiger partial charge in [0.1, 0.15) is 0 Å². The molecule has 0 bridgehead atoms. The molecule has 0 rings (SSSR count). The summed E-state index contributed by atoms with van der Waals surface area (Å²) < 4.78 is 0. The minimum Gasteiger partial charge on any atom is -0.652 e. The first-order valence-corrected chi connectivity index (χ1v) is 2.03. The smallest absolute Gasteiger partial charge is 0.652 e. The number of carbonyl (C=O) groups is 1. The van der Waals surface area contributed by atoms with E-state index in [1.807, 2.05) is 0 Å². The van der Waals surface area contributed by atoms with Gasteiger partial charge in [0.05, 0.1) is 0 Å². The topological polar surface area (TPSA) is 83.4 Å². The molecule has 0 aromatic carbocycles. The van der Waals surface area contributed by atoms with Crippen molar-refractivity contribution in [3.8, 4) is 0 Å². The average molecular weight is 166 g/mol. The molecule has 0 aliphatic heterocycles. The number of rotatable bonds is 0. The molecule has 0 aliphatic rings. The van der Waals surface area contributed by atoms with Crippen LogP contribution in [0.15, 0.2) is 0 Å². The van der Waals surface area contributed by atoms with Crippen LogP contribution in [0.4, 0.5) is 4.79 Å². The molecule has 0 heterocycles. The predicted octanol–water partition coefficient (Wildman–Crippen LogP) is -8.05. The van der Waals surface area contributed by atoms with E-state index in [2.05, 4.69) is 0 Å². The van der Waals surface area contributed by atoms with E-state index >= 15 is 0 Å². The predicted molar refractivity (Wildman–Crippen MR) is 22.8 cm³/mol. The Kier molecular flexibility index (Phi) is 37.5. The second kappa shape index (κ2) is 16.7. The largest absolute Gasteiger partial charge is 1.00 e. The number of aliphatic hydroxyl groups is 1. The van der Waals surface area contributed by atoms with Gasteiger partial charge in [-0.15, -0.1) is 0 Å². The molecule has 0 spiro atoms. The Morgan fingerprint density at radius 1 is 1.30 bits per heavy atom. The number of aliphatic hydroxyl groups excluding tert-OH is 1. The van der Waals surface area contributed by atoms with E-state index < -0.39 is 6.16 Å². The molecule has 0 aromatic heterocycles. The Morgan fingerprint density at radius 3 is 1.30 bits per heavy atom. The van der Waals surface area contributed by atoms with E-state index in [-0.39, 0.29) is 65.2 Å². The first kappa shape index (κ1) is 22.5. The summed E-state index contributed by atoms with van der Waals surface area (Å²) in [4.78, 5) is 8.33. The minimum atomic E-state index is -2.33. The number of carbonyl (C=O) groups excluding carboxylic acids is 1. The Hall–Kier alpha value is 1.23. The van der Waals surface area contributed by atoms with Crippen molar-refractivity contribution in [1.82, 2.24) is 0 Å². The molecule has 0 radical (unpaired) electrons. The quantitative estimate of drug-likeness (QED) is 0.362. The molecule has 0 amide bonds. The number of carboxylic acid groups (broad SMARTS) is 2. The maximum Gasteiger partial charge on any atom is 1.00 e. The SMILES string of the molecule is CC(C)O.O=C([O-])[O-].[Na+].[Na+].